The van der Waals surface area contributed by atoms with Crippen molar-refractivity contribution in [2.24, 2.45) is 4.99 Å². The van der Waals surface area contributed by atoms with Crippen molar-refractivity contribution in [3.05, 3.63) is 45.9 Å². The Morgan fingerprint density at radius 1 is 1.38 bits per heavy atom. The van der Waals surface area contributed by atoms with Crippen molar-refractivity contribution >= 4 is 17.3 Å². The van der Waals surface area contributed by atoms with Crippen LogP contribution in [-0.2, 0) is 6.42 Å². The molecule has 1 saturated heterocycles. The minimum Gasteiger partial charge on any atom is -0.497 e. The lowest BCUT2D eigenvalue weighted by Crippen LogP contribution is -2.40. The van der Waals surface area contributed by atoms with Crippen molar-refractivity contribution in [3.8, 4) is 5.75 Å². The van der Waals surface area contributed by atoms with Gasteiger partial charge in [-0.1, -0.05) is 12.1 Å². The second kappa shape index (κ2) is 9.03. The number of methoxy groups -OCH3 is 1. The molecule has 26 heavy (non-hydrogen) atoms. The summed E-state index contributed by atoms with van der Waals surface area (Å²) in [6, 6.07) is 8.46. The molecule has 6 heteroatoms. The average molecular weight is 373 g/mol. The first kappa shape index (κ1) is 18.7. The molecule has 1 aromatic carbocycles. The van der Waals surface area contributed by atoms with Crippen LogP contribution < -0.4 is 10.1 Å². The van der Waals surface area contributed by atoms with Gasteiger partial charge in [-0.15, -0.1) is 11.3 Å². The third-order valence-corrected chi connectivity index (χ3v) is 5.53. The highest BCUT2D eigenvalue weighted by atomic mass is 32.1. The van der Waals surface area contributed by atoms with Crippen molar-refractivity contribution in [1.29, 1.82) is 0 Å². The highest BCUT2D eigenvalue weighted by Crippen LogP contribution is 2.28. The summed E-state index contributed by atoms with van der Waals surface area (Å²) in [5.74, 6) is 2.48. The Balaban J connectivity index is 1.59. The summed E-state index contributed by atoms with van der Waals surface area (Å²) in [5.41, 5.74) is 2.52. The molecule has 2 aromatic rings. The summed E-state index contributed by atoms with van der Waals surface area (Å²) in [7, 11) is 1.71. The monoisotopic (exact) mass is 372 g/mol. The second-order valence-electron chi connectivity index (χ2n) is 6.55. The van der Waals surface area contributed by atoms with Gasteiger partial charge in [-0.25, -0.2) is 4.98 Å². The van der Waals surface area contributed by atoms with Crippen LogP contribution in [0.1, 0.15) is 35.5 Å². The quantitative estimate of drug-likeness (QED) is 0.623. The molecule has 1 fully saturated rings. The van der Waals surface area contributed by atoms with Crippen molar-refractivity contribution in [1.82, 2.24) is 15.2 Å². The van der Waals surface area contributed by atoms with Crippen LogP contribution in [0, 0.1) is 6.92 Å². The fourth-order valence-corrected chi connectivity index (χ4v) is 3.97. The Labute approximate surface area is 160 Å². The standard InChI is InChI=1S/C20H28N4OS/c1-4-21-20(22-11-9-18-14-26-15(2)23-18)24-12-10-17(13-24)16-5-7-19(25-3)8-6-16/h5-8,14,17H,4,9-13H2,1-3H3,(H,21,22). The normalized spacial score (nSPS) is 17.6. The smallest absolute Gasteiger partial charge is 0.193 e. The molecule has 0 aliphatic carbocycles. The minimum absolute atomic E-state index is 0.547. The molecule has 1 aliphatic heterocycles. The van der Waals surface area contributed by atoms with Crippen LogP contribution in [0.25, 0.3) is 0 Å². The van der Waals surface area contributed by atoms with Crippen LogP contribution in [0.3, 0.4) is 0 Å². The average Bonchev–Trinajstić information content (AvgIpc) is 3.30. The van der Waals surface area contributed by atoms with Gasteiger partial charge in [0, 0.05) is 43.9 Å². The number of aromatic nitrogens is 1. The predicted molar refractivity (Wildman–Crippen MR) is 108 cm³/mol. The van der Waals surface area contributed by atoms with Gasteiger partial charge in [-0.2, -0.15) is 0 Å². The number of aliphatic imine (C=N–C) groups is 1. The lowest BCUT2D eigenvalue weighted by Gasteiger charge is -2.21. The van der Waals surface area contributed by atoms with E-state index in [0.717, 1.165) is 61.4 Å². The molecule has 1 atom stereocenters. The molecule has 1 aromatic heterocycles. The molecule has 2 heterocycles. The molecule has 0 saturated carbocycles. The summed E-state index contributed by atoms with van der Waals surface area (Å²) >= 11 is 1.70. The first-order valence-electron chi connectivity index (χ1n) is 9.27. The van der Waals surface area contributed by atoms with E-state index in [-0.39, 0.29) is 0 Å². The Morgan fingerprint density at radius 3 is 2.85 bits per heavy atom. The maximum atomic E-state index is 5.26. The van der Waals surface area contributed by atoms with E-state index in [0.29, 0.717) is 5.92 Å². The SMILES string of the molecule is CCNC(=NCCc1csc(C)n1)N1CCC(c2ccc(OC)cc2)C1. The molecular weight excluding hydrogens is 344 g/mol. The number of hydrogen-bond acceptors (Lipinski definition) is 4. The van der Waals surface area contributed by atoms with Gasteiger partial charge in [0.2, 0.25) is 0 Å². The van der Waals surface area contributed by atoms with Crippen LogP contribution >= 0.6 is 11.3 Å². The summed E-state index contributed by atoms with van der Waals surface area (Å²) in [5, 5.41) is 6.70. The highest BCUT2D eigenvalue weighted by molar-refractivity contribution is 7.09. The van der Waals surface area contributed by atoms with Crippen LogP contribution in [0.5, 0.6) is 5.75 Å². The molecule has 3 rings (SSSR count). The molecule has 1 N–H and O–H groups in total. The summed E-state index contributed by atoms with van der Waals surface area (Å²) < 4.78 is 5.26. The van der Waals surface area contributed by atoms with Gasteiger partial charge in [-0.05, 0) is 38.0 Å². The minimum atomic E-state index is 0.547. The third-order valence-electron chi connectivity index (χ3n) is 4.71. The van der Waals surface area contributed by atoms with E-state index < -0.39 is 0 Å². The number of hydrogen-bond donors (Lipinski definition) is 1. The van der Waals surface area contributed by atoms with Gasteiger partial charge in [0.25, 0.3) is 0 Å². The number of benzene rings is 1. The number of ether oxygens (including phenoxy) is 1. The lowest BCUT2D eigenvalue weighted by molar-refractivity contribution is 0.414. The fourth-order valence-electron chi connectivity index (χ4n) is 3.33. The largest absolute Gasteiger partial charge is 0.497 e. The van der Waals surface area contributed by atoms with E-state index in [4.69, 9.17) is 9.73 Å². The first-order valence-corrected chi connectivity index (χ1v) is 10.2. The van der Waals surface area contributed by atoms with Gasteiger partial charge in [0.15, 0.2) is 5.96 Å². The zero-order valence-corrected chi connectivity index (χ0v) is 16.7. The zero-order chi connectivity index (χ0) is 18.4. The Bertz CT molecular complexity index is 726. The number of rotatable bonds is 6. The molecule has 0 spiro atoms. The molecule has 0 amide bonds. The zero-order valence-electron chi connectivity index (χ0n) is 15.9. The van der Waals surface area contributed by atoms with Gasteiger partial charge < -0.3 is 15.0 Å². The summed E-state index contributed by atoms with van der Waals surface area (Å²) in [6.45, 7) is 7.88. The summed E-state index contributed by atoms with van der Waals surface area (Å²) in [6.07, 6.45) is 2.05. The molecule has 1 aliphatic rings. The predicted octanol–water partition coefficient (Wildman–Crippen LogP) is 3.46. The van der Waals surface area contributed by atoms with Crippen LogP contribution in [0.15, 0.2) is 34.6 Å². The van der Waals surface area contributed by atoms with E-state index in [1.807, 2.05) is 19.1 Å². The van der Waals surface area contributed by atoms with Crippen LogP contribution in [0.2, 0.25) is 0 Å². The number of aryl methyl sites for hydroxylation is 1. The van der Waals surface area contributed by atoms with Gasteiger partial charge in [0.05, 0.1) is 17.8 Å². The van der Waals surface area contributed by atoms with Crippen molar-refractivity contribution in [2.45, 2.75) is 32.6 Å². The van der Waals surface area contributed by atoms with Crippen molar-refractivity contribution in [3.63, 3.8) is 0 Å². The van der Waals surface area contributed by atoms with E-state index in [2.05, 4.69) is 39.6 Å². The molecule has 5 nitrogen and oxygen atoms in total. The summed E-state index contributed by atoms with van der Waals surface area (Å²) in [4.78, 5) is 11.7. The molecule has 0 bridgehead atoms. The number of thiazole rings is 1. The maximum Gasteiger partial charge on any atom is 0.193 e. The Morgan fingerprint density at radius 2 is 2.19 bits per heavy atom. The topological polar surface area (TPSA) is 49.8 Å². The van der Waals surface area contributed by atoms with Crippen molar-refractivity contribution < 1.29 is 4.74 Å². The first-order chi connectivity index (χ1) is 12.7. The highest BCUT2D eigenvalue weighted by Gasteiger charge is 2.26. The second-order valence-corrected chi connectivity index (χ2v) is 7.61. The van der Waals surface area contributed by atoms with Crippen LogP contribution in [0.4, 0.5) is 0 Å². The van der Waals surface area contributed by atoms with E-state index >= 15 is 0 Å². The fraction of sp³-hybridized carbons (Fsp3) is 0.500. The van der Waals surface area contributed by atoms with Gasteiger partial charge in [0.1, 0.15) is 5.75 Å². The number of likely N-dealkylation sites (tertiary alicyclic amines) is 1. The Hall–Kier alpha value is -2.08. The molecule has 0 radical (unpaired) electrons. The molecule has 1 unspecified atom stereocenters. The Kier molecular flexibility index (Phi) is 6.50. The van der Waals surface area contributed by atoms with E-state index in [9.17, 15) is 0 Å². The lowest BCUT2D eigenvalue weighted by atomic mass is 9.98. The van der Waals surface area contributed by atoms with Crippen molar-refractivity contribution in [2.75, 3.05) is 33.3 Å². The number of guanidine groups is 1. The van der Waals surface area contributed by atoms with Gasteiger partial charge in [-0.3, -0.25) is 4.99 Å². The van der Waals surface area contributed by atoms with Gasteiger partial charge >= 0.3 is 0 Å². The number of nitrogens with one attached hydrogen (secondary N) is 1. The maximum absolute atomic E-state index is 5.26. The molecular formula is C20H28N4OS. The van der Waals surface area contributed by atoms with E-state index in [1.165, 1.54) is 5.56 Å². The molecule has 140 valence electrons. The van der Waals surface area contributed by atoms with Crippen LogP contribution in [-0.4, -0.2) is 49.1 Å². The number of nitrogens with zero attached hydrogens (tertiary/aromatic N) is 3. The van der Waals surface area contributed by atoms with E-state index in [1.54, 1.807) is 18.4 Å². The third kappa shape index (κ3) is 4.75.